The second-order valence-corrected chi connectivity index (χ2v) is 7.76. The number of ether oxygens (including phenoxy) is 1. The van der Waals surface area contributed by atoms with Gasteiger partial charge in [-0.05, 0) is 56.1 Å². The maximum absolute atomic E-state index is 13.4. The van der Waals surface area contributed by atoms with Crippen molar-refractivity contribution in [1.29, 1.82) is 0 Å². The maximum atomic E-state index is 13.4. The molecule has 2 aromatic carbocycles. The molecule has 0 saturated carbocycles. The number of carbonyl (C=O) groups is 2. The number of nitrogens with one attached hydrogen (secondary N) is 2. The first-order valence-electron chi connectivity index (χ1n) is 9.77. The molecule has 144 valence electrons. The number of rotatable bonds is 3. The molecule has 3 aliphatic heterocycles. The smallest absolute Gasteiger partial charge is 0.250 e. The van der Waals surface area contributed by atoms with Gasteiger partial charge in [-0.15, -0.1) is 0 Å². The van der Waals surface area contributed by atoms with Crippen molar-refractivity contribution in [2.24, 2.45) is 5.92 Å². The normalized spacial score (nSPS) is 28.1. The third kappa shape index (κ3) is 2.31. The summed E-state index contributed by atoms with van der Waals surface area (Å²) in [6.07, 6.45) is 2.79. The van der Waals surface area contributed by atoms with Crippen molar-refractivity contribution < 1.29 is 14.3 Å². The second-order valence-electron chi connectivity index (χ2n) is 7.76. The number of fused-ring (bicyclic) bond motifs is 4. The lowest BCUT2D eigenvalue weighted by Crippen LogP contribution is -2.53. The maximum Gasteiger partial charge on any atom is 0.250 e. The number of amides is 2. The van der Waals surface area contributed by atoms with E-state index in [9.17, 15) is 9.59 Å². The van der Waals surface area contributed by atoms with Gasteiger partial charge in [-0.2, -0.15) is 0 Å². The van der Waals surface area contributed by atoms with E-state index in [0.29, 0.717) is 12.1 Å². The molecule has 3 atom stereocenters. The molecular formula is C22H23N3O3. The Morgan fingerprint density at radius 1 is 1.21 bits per heavy atom. The lowest BCUT2D eigenvalue weighted by atomic mass is 9.78. The van der Waals surface area contributed by atoms with Gasteiger partial charge in [0.1, 0.15) is 11.3 Å². The molecule has 6 heteroatoms. The van der Waals surface area contributed by atoms with Crippen molar-refractivity contribution in [3.63, 3.8) is 0 Å². The molecule has 0 radical (unpaired) electrons. The van der Waals surface area contributed by atoms with Crippen molar-refractivity contribution in [2.75, 3.05) is 24.3 Å². The molecule has 2 N–H and O–H groups in total. The van der Waals surface area contributed by atoms with E-state index in [0.717, 1.165) is 36.4 Å². The quantitative estimate of drug-likeness (QED) is 0.863. The van der Waals surface area contributed by atoms with Crippen LogP contribution in [0.5, 0.6) is 5.75 Å². The van der Waals surface area contributed by atoms with E-state index in [1.54, 1.807) is 7.11 Å². The fourth-order valence-electron chi connectivity index (χ4n) is 5.28. The van der Waals surface area contributed by atoms with Crippen LogP contribution in [0.2, 0.25) is 0 Å². The molecule has 2 saturated heterocycles. The van der Waals surface area contributed by atoms with Gasteiger partial charge in [-0.25, -0.2) is 0 Å². The monoisotopic (exact) mass is 377 g/mol. The zero-order valence-corrected chi connectivity index (χ0v) is 15.8. The largest absolute Gasteiger partial charge is 0.497 e. The van der Waals surface area contributed by atoms with Crippen LogP contribution in [0, 0.1) is 5.92 Å². The van der Waals surface area contributed by atoms with Crippen LogP contribution in [0.15, 0.2) is 48.5 Å². The van der Waals surface area contributed by atoms with Gasteiger partial charge in [0.2, 0.25) is 11.8 Å². The van der Waals surface area contributed by atoms with Crippen molar-refractivity contribution in [1.82, 2.24) is 4.90 Å². The topological polar surface area (TPSA) is 70.7 Å². The average molecular weight is 377 g/mol. The van der Waals surface area contributed by atoms with Gasteiger partial charge >= 0.3 is 0 Å². The number of anilines is 2. The minimum atomic E-state index is -0.908. The molecule has 0 aliphatic carbocycles. The fraction of sp³-hybridized carbons (Fsp3) is 0.364. The lowest BCUT2D eigenvalue weighted by molar-refractivity contribution is -0.135. The summed E-state index contributed by atoms with van der Waals surface area (Å²) < 4.78 is 5.18. The first-order chi connectivity index (χ1) is 13.6. The van der Waals surface area contributed by atoms with E-state index in [2.05, 4.69) is 15.5 Å². The van der Waals surface area contributed by atoms with E-state index in [1.807, 2.05) is 48.5 Å². The second kappa shape index (κ2) is 6.34. The predicted molar refractivity (Wildman–Crippen MR) is 106 cm³/mol. The molecule has 1 spiro atoms. The van der Waals surface area contributed by atoms with Crippen LogP contribution in [0.3, 0.4) is 0 Å². The predicted octanol–water partition coefficient (Wildman–Crippen LogP) is 2.97. The average Bonchev–Trinajstić information content (AvgIpc) is 3.37. The van der Waals surface area contributed by atoms with Gasteiger partial charge in [0.05, 0.1) is 13.0 Å². The molecule has 28 heavy (non-hydrogen) atoms. The van der Waals surface area contributed by atoms with Gasteiger partial charge in [-0.1, -0.05) is 18.2 Å². The molecule has 2 fully saturated rings. The Balaban J connectivity index is 1.53. The molecule has 3 heterocycles. The molecular weight excluding hydrogens is 354 g/mol. The summed E-state index contributed by atoms with van der Waals surface area (Å²) in [5.74, 6) is 0.128. The van der Waals surface area contributed by atoms with Gasteiger partial charge in [-0.3, -0.25) is 14.5 Å². The summed E-state index contributed by atoms with van der Waals surface area (Å²) in [5, 5.41) is 6.06. The van der Waals surface area contributed by atoms with Crippen LogP contribution in [-0.4, -0.2) is 36.4 Å². The third-order valence-electron chi connectivity index (χ3n) is 6.45. The molecule has 3 aliphatic rings. The number of hydrogen-bond acceptors (Lipinski definition) is 4. The molecule has 2 amide bonds. The minimum Gasteiger partial charge on any atom is -0.497 e. The van der Waals surface area contributed by atoms with Gasteiger partial charge < -0.3 is 15.4 Å². The number of benzene rings is 2. The number of nitrogens with zero attached hydrogens (tertiary/aromatic N) is 1. The van der Waals surface area contributed by atoms with Gasteiger partial charge in [0.15, 0.2) is 0 Å². The Morgan fingerprint density at radius 3 is 2.79 bits per heavy atom. The highest BCUT2D eigenvalue weighted by molar-refractivity contribution is 6.10. The minimum absolute atomic E-state index is 0.0759. The molecule has 0 aromatic heterocycles. The molecule has 5 rings (SSSR count). The third-order valence-corrected chi connectivity index (χ3v) is 6.45. The van der Waals surface area contributed by atoms with Crippen molar-refractivity contribution >= 4 is 23.2 Å². The first kappa shape index (κ1) is 17.3. The summed E-state index contributed by atoms with van der Waals surface area (Å²) in [6.45, 7) is 0.846. The van der Waals surface area contributed by atoms with E-state index in [-0.39, 0.29) is 17.9 Å². The number of hydrogen-bond donors (Lipinski definition) is 2. The number of carbonyl (C=O) groups excluding carboxylic acids is 2. The Kier molecular flexibility index (Phi) is 3.91. The van der Waals surface area contributed by atoms with E-state index < -0.39 is 11.5 Å². The van der Waals surface area contributed by atoms with Crippen LogP contribution in [0.25, 0.3) is 0 Å². The summed E-state index contributed by atoms with van der Waals surface area (Å²) in [4.78, 5) is 28.9. The Morgan fingerprint density at radius 2 is 2.00 bits per heavy atom. The first-order valence-corrected chi connectivity index (χ1v) is 9.77. The van der Waals surface area contributed by atoms with E-state index in [1.165, 1.54) is 0 Å². The summed E-state index contributed by atoms with van der Waals surface area (Å²) in [7, 11) is 1.61. The van der Waals surface area contributed by atoms with Crippen molar-refractivity contribution in [2.45, 2.75) is 30.8 Å². The van der Waals surface area contributed by atoms with Crippen molar-refractivity contribution in [3.05, 3.63) is 54.1 Å². The lowest BCUT2D eigenvalue weighted by Gasteiger charge is -2.36. The van der Waals surface area contributed by atoms with Crippen molar-refractivity contribution in [3.8, 4) is 5.75 Å². The zero-order valence-electron chi connectivity index (χ0n) is 15.8. The van der Waals surface area contributed by atoms with Crippen LogP contribution in [0.4, 0.5) is 11.4 Å². The number of methoxy groups -OCH3 is 1. The highest BCUT2D eigenvalue weighted by Gasteiger charge is 2.65. The Bertz CT molecular complexity index is 942. The molecule has 6 nitrogen and oxygen atoms in total. The molecule has 0 bridgehead atoms. The standard InChI is InChI=1S/C22H23N3O3/c1-28-16-10-8-14(9-11-16)23-20(26)18-13-15-5-4-12-25(15)22(18)17-6-2-3-7-19(17)24-21(22)27/h2-3,6-11,15,18H,4-5,12-13H2,1H3,(H,23,26)(H,24,27)/t15-,18-,22+/m0/s1. The molecule has 0 unspecified atom stereocenters. The molecule has 2 aromatic rings. The van der Waals surface area contributed by atoms with Crippen LogP contribution in [-0.2, 0) is 15.1 Å². The zero-order chi connectivity index (χ0) is 19.3. The van der Waals surface area contributed by atoms with Crippen LogP contribution in [0.1, 0.15) is 24.8 Å². The Hall–Kier alpha value is -2.86. The van der Waals surface area contributed by atoms with Gasteiger partial charge in [0, 0.05) is 23.0 Å². The SMILES string of the molecule is COc1ccc(NC(=O)[C@@H]2C[C@@H]3CCCN3[C@@]23C(=O)Nc2ccccc23)cc1. The summed E-state index contributed by atoms with van der Waals surface area (Å²) in [5.41, 5.74) is 1.55. The fourth-order valence-corrected chi connectivity index (χ4v) is 5.28. The summed E-state index contributed by atoms with van der Waals surface area (Å²) >= 11 is 0. The van der Waals surface area contributed by atoms with E-state index >= 15 is 0 Å². The highest BCUT2D eigenvalue weighted by Crippen LogP contribution is 2.55. The summed E-state index contributed by atoms with van der Waals surface area (Å²) in [6, 6.07) is 15.3. The van der Waals surface area contributed by atoms with Gasteiger partial charge in [0.25, 0.3) is 0 Å². The van der Waals surface area contributed by atoms with Crippen LogP contribution >= 0.6 is 0 Å². The Labute approximate surface area is 163 Å². The van der Waals surface area contributed by atoms with E-state index in [4.69, 9.17) is 4.74 Å². The highest BCUT2D eigenvalue weighted by atomic mass is 16.5. The van der Waals surface area contributed by atoms with Crippen LogP contribution < -0.4 is 15.4 Å². The number of para-hydroxylation sites is 1.